The Morgan fingerprint density at radius 3 is 2.77 bits per heavy atom. The lowest BCUT2D eigenvalue weighted by Crippen LogP contribution is -2.47. The first-order valence-electron chi connectivity index (χ1n) is 7.73. The number of carbonyl (C=O) groups is 2. The number of piperidine rings is 1. The Balaban J connectivity index is 0.00000176. The second-order valence-corrected chi connectivity index (χ2v) is 6.01. The Morgan fingerprint density at radius 1 is 1.32 bits per heavy atom. The van der Waals surface area contributed by atoms with E-state index in [1.165, 1.54) is 0 Å². The summed E-state index contributed by atoms with van der Waals surface area (Å²) in [7, 11) is 1.92. The Kier molecular flexibility index (Phi) is 5.29. The van der Waals surface area contributed by atoms with Crippen molar-refractivity contribution in [2.45, 2.75) is 45.1 Å². The van der Waals surface area contributed by atoms with E-state index in [2.05, 4.69) is 5.32 Å². The summed E-state index contributed by atoms with van der Waals surface area (Å²) in [6.07, 6.45) is 4.22. The minimum atomic E-state index is -0.0744. The summed E-state index contributed by atoms with van der Waals surface area (Å²) >= 11 is 0. The number of ketones is 1. The molecule has 1 aromatic rings. The second-order valence-electron chi connectivity index (χ2n) is 6.01. The van der Waals surface area contributed by atoms with Crippen LogP contribution in [0.15, 0.2) is 4.42 Å². The van der Waals surface area contributed by atoms with Gasteiger partial charge in [-0.1, -0.05) is 0 Å². The quantitative estimate of drug-likeness (QED) is 0.906. The van der Waals surface area contributed by atoms with Crippen molar-refractivity contribution in [1.82, 2.24) is 10.2 Å². The van der Waals surface area contributed by atoms with Gasteiger partial charge in [0.1, 0.15) is 5.76 Å². The van der Waals surface area contributed by atoms with Crippen LogP contribution in [0.5, 0.6) is 0 Å². The largest absolute Gasteiger partial charge is 0.455 e. The number of amides is 1. The fourth-order valence-corrected chi connectivity index (χ4v) is 3.39. The van der Waals surface area contributed by atoms with E-state index >= 15 is 0 Å². The first-order chi connectivity index (χ1) is 10.1. The van der Waals surface area contributed by atoms with Gasteiger partial charge in [0.25, 0.3) is 5.91 Å². The summed E-state index contributed by atoms with van der Waals surface area (Å²) in [5.74, 6) is 1.11. The highest BCUT2D eigenvalue weighted by molar-refractivity contribution is 6.03. The third-order valence-corrected chi connectivity index (χ3v) is 4.62. The van der Waals surface area contributed by atoms with E-state index in [1.807, 2.05) is 18.9 Å². The van der Waals surface area contributed by atoms with Crippen LogP contribution in [0.3, 0.4) is 0 Å². The molecule has 1 saturated heterocycles. The lowest BCUT2D eigenvalue weighted by molar-refractivity contribution is 0.0662. The normalized spacial score (nSPS) is 21.3. The molecule has 1 aliphatic heterocycles. The van der Waals surface area contributed by atoms with E-state index in [1.54, 1.807) is 0 Å². The zero-order valence-corrected chi connectivity index (χ0v) is 13.9. The van der Waals surface area contributed by atoms with Gasteiger partial charge in [0.15, 0.2) is 11.5 Å². The SMILES string of the molecule is CNC1CCCN(C(=O)c2oc3c(c2C)C(=O)CCC3)C1.Cl. The van der Waals surface area contributed by atoms with Crippen LogP contribution in [0, 0.1) is 6.92 Å². The van der Waals surface area contributed by atoms with Crippen molar-refractivity contribution in [2.24, 2.45) is 0 Å². The maximum Gasteiger partial charge on any atom is 0.289 e. The van der Waals surface area contributed by atoms with Crippen molar-refractivity contribution in [3.63, 3.8) is 0 Å². The Morgan fingerprint density at radius 2 is 2.09 bits per heavy atom. The number of nitrogens with zero attached hydrogens (tertiary/aromatic N) is 1. The van der Waals surface area contributed by atoms with Gasteiger partial charge in [0.2, 0.25) is 0 Å². The average Bonchev–Trinajstić information content (AvgIpc) is 2.85. The summed E-state index contributed by atoms with van der Waals surface area (Å²) in [5, 5.41) is 3.23. The third-order valence-electron chi connectivity index (χ3n) is 4.62. The molecule has 0 radical (unpaired) electrons. The summed E-state index contributed by atoms with van der Waals surface area (Å²) in [5.41, 5.74) is 1.39. The Bertz CT molecular complexity index is 582. The number of fused-ring (bicyclic) bond motifs is 1. The number of Topliss-reactive ketones (excluding diaryl/α,β-unsaturated/α-hetero) is 1. The van der Waals surface area contributed by atoms with Crippen molar-refractivity contribution >= 4 is 24.1 Å². The Labute approximate surface area is 136 Å². The molecule has 2 aliphatic rings. The van der Waals surface area contributed by atoms with Gasteiger partial charge in [-0.05, 0) is 33.2 Å². The number of aryl methyl sites for hydroxylation is 1. The number of hydrogen-bond acceptors (Lipinski definition) is 4. The monoisotopic (exact) mass is 326 g/mol. The molecule has 2 heterocycles. The highest BCUT2D eigenvalue weighted by atomic mass is 35.5. The van der Waals surface area contributed by atoms with E-state index in [4.69, 9.17) is 4.42 Å². The number of halogens is 1. The van der Waals surface area contributed by atoms with Gasteiger partial charge in [0.05, 0.1) is 5.56 Å². The molecule has 0 aromatic carbocycles. The van der Waals surface area contributed by atoms with Gasteiger partial charge in [-0.25, -0.2) is 0 Å². The zero-order chi connectivity index (χ0) is 15.0. The number of likely N-dealkylation sites (tertiary alicyclic amines) is 1. The van der Waals surface area contributed by atoms with E-state index in [0.29, 0.717) is 36.1 Å². The fraction of sp³-hybridized carbons (Fsp3) is 0.625. The van der Waals surface area contributed by atoms with Crippen molar-refractivity contribution in [2.75, 3.05) is 20.1 Å². The van der Waals surface area contributed by atoms with Gasteiger partial charge in [-0.3, -0.25) is 9.59 Å². The van der Waals surface area contributed by atoms with E-state index in [9.17, 15) is 9.59 Å². The molecule has 5 nitrogen and oxygen atoms in total. The molecule has 1 aromatic heterocycles. The van der Waals surface area contributed by atoms with Crippen LogP contribution < -0.4 is 5.32 Å². The molecule has 22 heavy (non-hydrogen) atoms. The van der Waals surface area contributed by atoms with E-state index < -0.39 is 0 Å². The molecule has 1 unspecified atom stereocenters. The third kappa shape index (κ3) is 2.92. The molecule has 1 fully saturated rings. The molecule has 1 aliphatic carbocycles. The molecular formula is C16H23ClN2O3. The van der Waals surface area contributed by atoms with Crippen LogP contribution in [0.1, 0.15) is 57.9 Å². The summed E-state index contributed by atoms with van der Waals surface area (Å²) in [6.45, 7) is 3.29. The number of furan rings is 1. The van der Waals surface area contributed by atoms with Crippen molar-refractivity contribution < 1.29 is 14.0 Å². The maximum atomic E-state index is 12.7. The van der Waals surface area contributed by atoms with Gasteiger partial charge >= 0.3 is 0 Å². The lowest BCUT2D eigenvalue weighted by atomic mass is 9.94. The smallest absolute Gasteiger partial charge is 0.289 e. The maximum absolute atomic E-state index is 12.7. The summed E-state index contributed by atoms with van der Waals surface area (Å²) in [4.78, 5) is 26.6. The lowest BCUT2D eigenvalue weighted by Gasteiger charge is -2.32. The first-order valence-corrected chi connectivity index (χ1v) is 7.73. The number of rotatable bonds is 2. The van der Waals surface area contributed by atoms with Crippen LogP contribution in [-0.4, -0.2) is 42.8 Å². The van der Waals surface area contributed by atoms with Gasteiger partial charge in [-0.15, -0.1) is 12.4 Å². The van der Waals surface area contributed by atoms with Crippen molar-refractivity contribution in [3.8, 4) is 0 Å². The fourth-order valence-electron chi connectivity index (χ4n) is 3.39. The van der Waals surface area contributed by atoms with Crippen LogP contribution in [-0.2, 0) is 6.42 Å². The highest BCUT2D eigenvalue weighted by Gasteiger charge is 2.32. The van der Waals surface area contributed by atoms with Gasteiger partial charge < -0.3 is 14.6 Å². The molecule has 122 valence electrons. The number of likely N-dealkylation sites (N-methyl/N-ethyl adjacent to an activating group) is 1. The van der Waals surface area contributed by atoms with Crippen LogP contribution in [0.2, 0.25) is 0 Å². The van der Waals surface area contributed by atoms with Crippen LogP contribution in [0.25, 0.3) is 0 Å². The minimum Gasteiger partial charge on any atom is -0.455 e. The number of hydrogen-bond donors (Lipinski definition) is 1. The second kappa shape index (κ2) is 6.84. The Hall–Kier alpha value is -1.33. The highest BCUT2D eigenvalue weighted by Crippen LogP contribution is 2.30. The molecule has 0 bridgehead atoms. The molecule has 1 atom stereocenters. The molecule has 3 rings (SSSR count). The van der Waals surface area contributed by atoms with Gasteiger partial charge in [-0.2, -0.15) is 0 Å². The minimum absolute atomic E-state index is 0. The van der Waals surface area contributed by atoms with E-state index in [0.717, 1.165) is 37.8 Å². The standard InChI is InChI=1S/C16H22N2O3.ClH/c1-10-14-12(19)6-3-7-13(14)21-15(10)16(20)18-8-4-5-11(9-18)17-2;/h11,17H,3-9H2,1-2H3;1H. The van der Waals surface area contributed by atoms with Crippen LogP contribution in [0.4, 0.5) is 0 Å². The van der Waals surface area contributed by atoms with E-state index in [-0.39, 0.29) is 24.1 Å². The van der Waals surface area contributed by atoms with Crippen molar-refractivity contribution in [3.05, 3.63) is 22.6 Å². The molecule has 1 N–H and O–H groups in total. The van der Waals surface area contributed by atoms with Crippen LogP contribution >= 0.6 is 12.4 Å². The molecule has 6 heteroatoms. The number of carbonyl (C=O) groups excluding carboxylic acids is 2. The summed E-state index contributed by atoms with van der Waals surface area (Å²) < 4.78 is 5.76. The molecule has 0 spiro atoms. The topological polar surface area (TPSA) is 62.6 Å². The predicted octanol–water partition coefficient (Wildman–Crippen LogP) is 2.35. The molecule has 1 amide bonds. The first kappa shape index (κ1) is 17.0. The molecule has 0 saturated carbocycles. The summed E-state index contributed by atoms with van der Waals surface area (Å²) in [6, 6.07) is 0.342. The predicted molar refractivity (Wildman–Crippen MR) is 85.9 cm³/mol. The zero-order valence-electron chi connectivity index (χ0n) is 13.1. The van der Waals surface area contributed by atoms with Crippen molar-refractivity contribution in [1.29, 1.82) is 0 Å². The average molecular weight is 327 g/mol. The molecular weight excluding hydrogens is 304 g/mol. The van der Waals surface area contributed by atoms with Gasteiger partial charge in [0, 0.05) is 37.5 Å². The number of nitrogens with one attached hydrogen (secondary N) is 1.